The molecule has 3 aromatic carbocycles. The first-order chi connectivity index (χ1) is 24.9. The summed E-state index contributed by atoms with van der Waals surface area (Å²) in [6.07, 6.45) is 9.52. The van der Waals surface area contributed by atoms with Crippen LogP contribution in [0, 0.1) is 11.2 Å². The van der Waals surface area contributed by atoms with Gasteiger partial charge in [0.25, 0.3) is 0 Å². The Balaban J connectivity index is 0.000000402. The molecule has 1 saturated carbocycles. The lowest BCUT2D eigenvalue weighted by atomic mass is 10.0. The summed E-state index contributed by atoms with van der Waals surface area (Å²) >= 11 is 0. The molecule has 11 nitrogen and oxygen atoms in total. The van der Waals surface area contributed by atoms with Crippen molar-refractivity contribution in [2.75, 3.05) is 23.7 Å². The van der Waals surface area contributed by atoms with Gasteiger partial charge in [0.2, 0.25) is 12.3 Å². The van der Waals surface area contributed by atoms with Gasteiger partial charge in [-0.25, -0.2) is 9.18 Å². The van der Waals surface area contributed by atoms with Crippen molar-refractivity contribution in [3.8, 4) is 22.6 Å². The lowest BCUT2D eigenvalue weighted by Gasteiger charge is -2.33. The van der Waals surface area contributed by atoms with Gasteiger partial charge < -0.3 is 25.0 Å². The topological polar surface area (TPSA) is 128 Å². The van der Waals surface area contributed by atoms with Crippen molar-refractivity contribution < 1.29 is 28.2 Å². The largest absolute Gasteiger partial charge is 0.457 e. The number of amides is 3. The smallest absolute Gasteiger partial charge is 0.410 e. The van der Waals surface area contributed by atoms with Gasteiger partial charge in [-0.1, -0.05) is 13.0 Å². The number of carbonyl (C=O) groups is 3. The Morgan fingerprint density at radius 3 is 2.29 bits per heavy atom. The number of nitrogens with zero attached hydrogens (tertiary/aromatic N) is 4. The summed E-state index contributed by atoms with van der Waals surface area (Å²) in [6, 6.07) is 21.2. The van der Waals surface area contributed by atoms with Crippen LogP contribution in [0.15, 0.2) is 91.4 Å². The second kappa shape index (κ2) is 15.2. The van der Waals surface area contributed by atoms with E-state index in [0.29, 0.717) is 36.7 Å². The lowest BCUT2D eigenvalue weighted by molar-refractivity contribution is -0.120. The molecule has 1 saturated heterocycles. The number of likely N-dealkylation sites (tertiary alicyclic amines) is 1. The zero-order chi connectivity index (χ0) is 36.9. The van der Waals surface area contributed by atoms with Gasteiger partial charge in [-0.3, -0.25) is 19.3 Å². The molecule has 0 spiro atoms. The molecule has 5 aromatic rings. The van der Waals surface area contributed by atoms with Gasteiger partial charge in [-0.2, -0.15) is 5.10 Å². The minimum absolute atomic E-state index is 0.0706. The summed E-state index contributed by atoms with van der Waals surface area (Å²) in [4.78, 5) is 41.0. The number of anilines is 2. The van der Waals surface area contributed by atoms with Crippen molar-refractivity contribution in [2.24, 2.45) is 5.41 Å². The summed E-state index contributed by atoms with van der Waals surface area (Å²) in [5, 5.41) is 10.9. The van der Waals surface area contributed by atoms with Crippen molar-refractivity contribution in [1.29, 1.82) is 0 Å². The Bertz CT molecular complexity index is 2030. The number of piperidine rings is 1. The molecule has 2 N–H and O–H groups in total. The normalized spacial score (nSPS) is 15.2. The Kier molecular flexibility index (Phi) is 10.5. The van der Waals surface area contributed by atoms with Crippen LogP contribution in [-0.2, 0) is 14.3 Å². The van der Waals surface area contributed by atoms with Crippen LogP contribution < -0.4 is 15.4 Å². The van der Waals surface area contributed by atoms with Gasteiger partial charge in [-0.15, -0.1) is 0 Å². The maximum Gasteiger partial charge on any atom is 0.410 e. The first kappa shape index (κ1) is 36.0. The number of ether oxygens (including phenoxy) is 2. The molecule has 1 aliphatic heterocycles. The number of carbonyl (C=O) groups excluding carboxylic acids is 3. The van der Waals surface area contributed by atoms with E-state index in [0.717, 1.165) is 53.4 Å². The van der Waals surface area contributed by atoms with Gasteiger partial charge >= 0.3 is 6.09 Å². The Morgan fingerprint density at radius 2 is 1.63 bits per heavy atom. The lowest BCUT2D eigenvalue weighted by Crippen LogP contribution is -2.42. The monoisotopic (exact) mass is 706 g/mol. The van der Waals surface area contributed by atoms with Crippen LogP contribution in [0.4, 0.5) is 20.6 Å². The maximum atomic E-state index is 12.4. The van der Waals surface area contributed by atoms with Gasteiger partial charge in [-0.05, 0) is 119 Å². The summed E-state index contributed by atoms with van der Waals surface area (Å²) < 4.78 is 25.9. The molecular formula is C40H43FN6O5. The molecule has 3 heterocycles. The van der Waals surface area contributed by atoms with Crippen LogP contribution in [0.25, 0.3) is 22.0 Å². The van der Waals surface area contributed by atoms with E-state index >= 15 is 0 Å². The third kappa shape index (κ3) is 9.11. The molecule has 12 heteroatoms. The standard InChI is InChI=1S/C33H37N5O4.C7H6FNO/c1-32(2,3)42-31(40)37-17-12-25(13-18-37)38-21-23(20-35-38)22-5-10-27-28(19-22)34-16-11-29(27)41-26-8-6-24(7-9-26)36-30(39)33(4)14-15-33;8-6-1-3-7(4-2-6)9-5-10/h5-11,16,19-21,25H,12-15,17-18H2,1-4H3,(H,36,39);1-5H,(H,9,10). The SMILES string of the molecule is CC(C)(C)OC(=O)N1CCC(n2cc(-c3ccc4c(Oc5ccc(NC(=O)C6(C)CC6)cc5)ccnc4c3)cn2)CC1.O=CNc1ccc(F)cc1. The van der Waals surface area contributed by atoms with E-state index in [2.05, 4.69) is 33.0 Å². The molecule has 2 aliphatic rings. The highest BCUT2D eigenvalue weighted by Gasteiger charge is 2.44. The first-order valence-electron chi connectivity index (χ1n) is 17.4. The average molecular weight is 707 g/mol. The van der Waals surface area contributed by atoms with Crippen LogP contribution in [0.1, 0.15) is 59.4 Å². The zero-order valence-corrected chi connectivity index (χ0v) is 29.8. The van der Waals surface area contributed by atoms with Crippen LogP contribution >= 0.6 is 0 Å². The van der Waals surface area contributed by atoms with E-state index in [4.69, 9.17) is 9.47 Å². The number of rotatable bonds is 8. The van der Waals surface area contributed by atoms with Crippen LogP contribution in [0.5, 0.6) is 11.5 Å². The molecule has 3 amide bonds. The fraction of sp³-hybridized carbons (Fsp3) is 0.325. The minimum atomic E-state index is -0.494. The van der Waals surface area contributed by atoms with Crippen molar-refractivity contribution in [2.45, 2.75) is 65.0 Å². The van der Waals surface area contributed by atoms with E-state index in [9.17, 15) is 18.8 Å². The van der Waals surface area contributed by atoms with E-state index in [1.54, 1.807) is 11.1 Å². The van der Waals surface area contributed by atoms with Gasteiger partial charge in [0.1, 0.15) is 22.9 Å². The second-order valence-corrected chi connectivity index (χ2v) is 14.4. The molecule has 0 atom stereocenters. The van der Waals surface area contributed by atoms with Crippen molar-refractivity contribution in [3.05, 3.63) is 97.2 Å². The van der Waals surface area contributed by atoms with Gasteiger partial charge in [0.15, 0.2) is 0 Å². The van der Waals surface area contributed by atoms with E-state index in [1.165, 1.54) is 24.3 Å². The Labute approximate surface area is 302 Å². The molecule has 2 aromatic heterocycles. The Morgan fingerprint density at radius 1 is 0.942 bits per heavy atom. The first-order valence-corrected chi connectivity index (χ1v) is 17.4. The van der Waals surface area contributed by atoms with Crippen LogP contribution in [0.2, 0.25) is 0 Å². The van der Waals surface area contributed by atoms with Crippen LogP contribution in [-0.4, -0.2) is 56.8 Å². The summed E-state index contributed by atoms with van der Waals surface area (Å²) in [5.41, 5.74) is 3.50. The third-order valence-corrected chi connectivity index (χ3v) is 9.09. The summed E-state index contributed by atoms with van der Waals surface area (Å²) in [7, 11) is 0. The Hall–Kier alpha value is -5.78. The number of benzene rings is 3. The number of halogens is 1. The second-order valence-electron chi connectivity index (χ2n) is 14.4. The number of pyridine rings is 1. The fourth-order valence-electron chi connectivity index (χ4n) is 5.76. The van der Waals surface area contributed by atoms with E-state index < -0.39 is 5.60 Å². The average Bonchev–Trinajstić information content (AvgIpc) is 3.69. The van der Waals surface area contributed by atoms with E-state index in [-0.39, 0.29) is 29.3 Å². The molecule has 0 bridgehead atoms. The predicted octanol–water partition coefficient (Wildman–Crippen LogP) is 8.60. The van der Waals surface area contributed by atoms with Crippen molar-refractivity contribution >= 4 is 40.7 Å². The molecule has 0 radical (unpaired) electrons. The number of fused-ring (bicyclic) bond motifs is 1. The highest BCUT2D eigenvalue weighted by Crippen LogP contribution is 2.45. The molecule has 2 fully saturated rings. The molecule has 1 aliphatic carbocycles. The quantitative estimate of drug-likeness (QED) is 0.155. The maximum absolute atomic E-state index is 12.4. The number of aromatic nitrogens is 3. The number of nitrogens with one attached hydrogen (secondary N) is 2. The predicted molar refractivity (Wildman–Crippen MR) is 198 cm³/mol. The molecular weight excluding hydrogens is 663 g/mol. The number of hydrogen-bond acceptors (Lipinski definition) is 7. The van der Waals surface area contributed by atoms with E-state index in [1.807, 2.05) is 81.0 Å². The highest BCUT2D eigenvalue weighted by atomic mass is 19.1. The zero-order valence-electron chi connectivity index (χ0n) is 29.8. The molecule has 0 unspecified atom stereocenters. The fourth-order valence-corrected chi connectivity index (χ4v) is 5.76. The minimum Gasteiger partial charge on any atom is -0.457 e. The molecule has 7 rings (SSSR count). The third-order valence-electron chi connectivity index (χ3n) is 9.09. The van der Waals surface area contributed by atoms with Crippen LogP contribution in [0.3, 0.4) is 0 Å². The van der Waals surface area contributed by atoms with Gasteiger partial charge in [0.05, 0.1) is 17.8 Å². The van der Waals surface area contributed by atoms with Crippen molar-refractivity contribution in [1.82, 2.24) is 19.7 Å². The van der Waals surface area contributed by atoms with Crippen molar-refractivity contribution in [3.63, 3.8) is 0 Å². The summed E-state index contributed by atoms with van der Waals surface area (Å²) in [6.45, 7) is 8.94. The highest BCUT2D eigenvalue weighted by molar-refractivity contribution is 5.97. The summed E-state index contributed by atoms with van der Waals surface area (Å²) in [5.74, 6) is 1.15. The number of hydrogen-bond donors (Lipinski definition) is 2. The molecule has 52 heavy (non-hydrogen) atoms. The molecule has 270 valence electrons. The van der Waals surface area contributed by atoms with Gasteiger partial charge in [0, 0.05) is 53.2 Å².